The van der Waals surface area contributed by atoms with E-state index in [4.69, 9.17) is 4.74 Å². The molecule has 3 heterocycles. The van der Waals surface area contributed by atoms with Crippen LogP contribution in [0.1, 0.15) is 44.4 Å². The van der Waals surface area contributed by atoms with Crippen LogP contribution in [0.5, 0.6) is 0 Å². The molecule has 5 nitrogen and oxygen atoms in total. The average molecular weight is 502 g/mol. The molecule has 37 heavy (non-hydrogen) atoms. The van der Waals surface area contributed by atoms with E-state index in [1.807, 2.05) is 43.0 Å². The Hall–Kier alpha value is -3.02. The minimum atomic E-state index is 0.204. The van der Waals surface area contributed by atoms with Crippen molar-refractivity contribution in [2.24, 2.45) is 0 Å². The number of carbonyl (C=O) groups excluding carboxylic acids is 1. The molecule has 0 aliphatic carbocycles. The van der Waals surface area contributed by atoms with E-state index in [1.165, 1.54) is 16.7 Å². The highest BCUT2D eigenvalue weighted by atomic mass is 16.5. The Morgan fingerprint density at radius 1 is 0.946 bits per heavy atom. The van der Waals surface area contributed by atoms with E-state index >= 15 is 0 Å². The SMILES string of the molecule is CC.COC[C@@H]1C[C@@H]2CN(C(=O)Cc3ccccn3)CCCCN12.Cc1ccccc1-c1ccccc1. The van der Waals surface area contributed by atoms with Gasteiger partial charge < -0.3 is 9.64 Å². The van der Waals surface area contributed by atoms with Gasteiger partial charge in [0.25, 0.3) is 0 Å². The molecule has 2 atom stereocenters. The van der Waals surface area contributed by atoms with Gasteiger partial charge in [0.2, 0.25) is 5.91 Å². The lowest BCUT2D eigenvalue weighted by Crippen LogP contribution is -2.63. The van der Waals surface area contributed by atoms with Crippen LogP contribution in [0.4, 0.5) is 0 Å². The van der Waals surface area contributed by atoms with E-state index in [9.17, 15) is 4.79 Å². The van der Waals surface area contributed by atoms with E-state index < -0.39 is 0 Å². The zero-order valence-electron chi connectivity index (χ0n) is 23.0. The summed E-state index contributed by atoms with van der Waals surface area (Å²) in [5.41, 5.74) is 4.80. The summed E-state index contributed by atoms with van der Waals surface area (Å²) in [4.78, 5) is 21.4. The summed E-state index contributed by atoms with van der Waals surface area (Å²) in [6.07, 6.45) is 5.54. The standard InChI is InChI=1S/C17H25N3O2.C13H12.C2H6/c1-22-13-16-11-15-12-19(8-4-5-9-20(15)16)17(21)10-14-6-2-3-7-18-14;1-11-7-5-6-10-13(11)12-8-3-2-4-9-12;1-2/h2-3,6-7,15-16H,4-5,8-13H2,1H3;2-10H,1H3;1-2H3/t15-,16+;;/m1../s1. The number of hydrogen-bond acceptors (Lipinski definition) is 4. The zero-order valence-corrected chi connectivity index (χ0v) is 23.0. The van der Waals surface area contributed by atoms with Crippen molar-refractivity contribution in [1.82, 2.24) is 14.8 Å². The number of aromatic nitrogens is 1. The lowest BCUT2D eigenvalue weighted by atomic mass is 9.91. The predicted octanol–water partition coefficient (Wildman–Crippen LogP) is 6.02. The van der Waals surface area contributed by atoms with E-state index in [-0.39, 0.29) is 5.91 Å². The van der Waals surface area contributed by atoms with Crippen molar-refractivity contribution in [3.05, 3.63) is 90.3 Å². The molecule has 5 heteroatoms. The third kappa shape index (κ3) is 8.24. The smallest absolute Gasteiger partial charge is 0.228 e. The van der Waals surface area contributed by atoms with E-state index in [0.717, 1.165) is 51.2 Å². The fourth-order valence-electron chi connectivity index (χ4n) is 5.10. The first kappa shape index (κ1) is 28.5. The quantitative estimate of drug-likeness (QED) is 0.429. The Labute approximate surface area is 223 Å². The number of hydrogen-bond donors (Lipinski definition) is 0. The van der Waals surface area contributed by atoms with Crippen molar-refractivity contribution in [3.8, 4) is 11.1 Å². The van der Waals surface area contributed by atoms with Gasteiger partial charge in [-0.3, -0.25) is 14.7 Å². The van der Waals surface area contributed by atoms with Crippen LogP contribution in [0.25, 0.3) is 11.1 Å². The number of rotatable bonds is 5. The van der Waals surface area contributed by atoms with Crippen molar-refractivity contribution in [2.45, 2.75) is 58.5 Å². The molecule has 2 saturated heterocycles. The zero-order chi connectivity index (χ0) is 26.5. The molecule has 0 unspecified atom stereocenters. The van der Waals surface area contributed by atoms with Crippen molar-refractivity contribution in [1.29, 1.82) is 0 Å². The highest BCUT2D eigenvalue weighted by Gasteiger charge is 2.40. The van der Waals surface area contributed by atoms with Crippen LogP contribution in [0.3, 0.4) is 0 Å². The molecule has 5 rings (SSSR count). The molecule has 2 aliphatic rings. The lowest BCUT2D eigenvalue weighted by Gasteiger charge is -2.51. The first-order chi connectivity index (χ1) is 18.2. The molecule has 2 aliphatic heterocycles. The first-order valence-electron chi connectivity index (χ1n) is 13.7. The second kappa shape index (κ2) is 15.3. The van der Waals surface area contributed by atoms with Gasteiger partial charge in [-0.05, 0) is 61.6 Å². The average Bonchev–Trinajstić information content (AvgIpc) is 2.93. The number of carbonyl (C=O) groups is 1. The Balaban J connectivity index is 0.000000216. The Morgan fingerprint density at radius 2 is 1.65 bits per heavy atom. The maximum atomic E-state index is 12.6. The molecule has 0 radical (unpaired) electrons. The van der Waals surface area contributed by atoms with Gasteiger partial charge in [-0.15, -0.1) is 0 Å². The number of pyridine rings is 1. The third-order valence-electron chi connectivity index (χ3n) is 7.01. The predicted molar refractivity (Wildman–Crippen MR) is 152 cm³/mol. The van der Waals surface area contributed by atoms with E-state index in [1.54, 1.807) is 13.3 Å². The van der Waals surface area contributed by atoms with E-state index in [0.29, 0.717) is 18.5 Å². The number of aryl methyl sites for hydroxylation is 1. The van der Waals surface area contributed by atoms with Crippen LogP contribution in [0.2, 0.25) is 0 Å². The van der Waals surface area contributed by atoms with Gasteiger partial charge in [-0.25, -0.2) is 0 Å². The molecule has 2 fully saturated rings. The van der Waals surface area contributed by atoms with Crippen molar-refractivity contribution < 1.29 is 9.53 Å². The van der Waals surface area contributed by atoms with Gasteiger partial charge in [0, 0.05) is 44.2 Å². The topological polar surface area (TPSA) is 45.7 Å². The van der Waals surface area contributed by atoms with E-state index in [2.05, 4.69) is 65.3 Å². The minimum Gasteiger partial charge on any atom is -0.383 e. The maximum Gasteiger partial charge on any atom is 0.228 e. The van der Waals surface area contributed by atoms with Gasteiger partial charge in [0.1, 0.15) is 0 Å². The second-order valence-electron chi connectivity index (χ2n) is 9.46. The number of amides is 1. The number of methoxy groups -OCH3 is 1. The summed E-state index contributed by atoms with van der Waals surface area (Å²) in [5.74, 6) is 0.204. The lowest BCUT2D eigenvalue weighted by molar-refractivity contribution is -0.134. The van der Waals surface area contributed by atoms with Gasteiger partial charge >= 0.3 is 0 Å². The molecule has 0 bridgehead atoms. The second-order valence-corrected chi connectivity index (χ2v) is 9.46. The molecular weight excluding hydrogens is 458 g/mol. The molecule has 0 N–H and O–H groups in total. The van der Waals surface area contributed by atoms with Crippen molar-refractivity contribution in [3.63, 3.8) is 0 Å². The highest BCUT2D eigenvalue weighted by Crippen LogP contribution is 2.29. The fraction of sp³-hybridized carbons (Fsp3) is 0.438. The Morgan fingerprint density at radius 3 is 2.35 bits per heavy atom. The van der Waals surface area contributed by atoms with Crippen LogP contribution >= 0.6 is 0 Å². The number of benzene rings is 2. The van der Waals surface area contributed by atoms with Gasteiger partial charge in [-0.2, -0.15) is 0 Å². The summed E-state index contributed by atoms with van der Waals surface area (Å²) in [7, 11) is 1.76. The summed E-state index contributed by atoms with van der Waals surface area (Å²) in [6, 6.07) is 25.7. The largest absolute Gasteiger partial charge is 0.383 e. The molecule has 3 aromatic rings. The molecule has 0 saturated carbocycles. The molecule has 1 aromatic heterocycles. The normalized spacial score (nSPS) is 19.0. The summed E-state index contributed by atoms with van der Waals surface area (Å²) < 4.78 is 5.29. The van der Waals surface area contributed by atoms with Crippen LogP contribution in [0, 0.1) is 6.92 Å². The van der Waals surface area contributed by atoms with Gasteiger partial charge in [0.15, 0.2) is 0 Å². The molecular formula is C32H43N3O2. The number of ether oxygens (including phenoxy) is 1. The number of nitrogens with zero attached hydrogens (tertiary/aromatic N) is 3. The third-order valence-corrected chi connectivity index (χ3v) is 7.01. The maximum absolute atomic E-state index is 12.6. The van der Waals surface area contributed by atoms with Gasteiger partial charge in [0.05, 0.1) is 13.0 Å². The van der Waals surface area contributed by atoms with Crippen molar-refractivity contribution in [2.75, 3.05) is 33.4 Å². The molecule has 198 valence electrons. The fourth-order valence-corrected chi connectivity index (χ4v) is 5.10. The van der Waals surface area contributed by atoms with Gasteiger partial charge in [-0.1, -0.05) is 74.5 Å². The molecule has 1 amide bonds. The Kier molecular flexibility index (Phi) is 11.8. The molecule has 0 spiro atoms. The highest BCUT2D eigenvalue weighted by molar-refractivity contribution is 5.78. The summed E-state index contributed by atoms with van der Waals surface area (Å²) in [6.45, 7) is 9.82. The first-order valence-corrected chi connectivity index (χ1v) is 13.7. The minimum absolute atomic E-state index is 0.204. The van der Waals surface area contributed by atoms with Crippen LogP contribution in [0.15, 0.2) is 79.0 Å². The van der Waals surface area contributed by atoms with Crippen LogP contribution in [-0.4, -0.2) is 66.1 Å². The monoisotopic (exact) mass is 501 g/mol. The van der Waals surface area contributed by atoms with Crippen LogP contribution in [-0.2, 0) is 16.0 Å². The van der Waals surface area contributed by atoms with Crippen molar-refractivity contribution >= 4 is 5.91 Å². The summed E-state index contributed by atoms with van der Waals surface area (Å²) >= 11 is 0. The number of fused-ring (bicyclic) bond motifs is 1. The summed E-state index contributed by atoms with van der Waals surface area (Å²) in [5, 5.41) is 0. The molecule has 2 aromatic carbocycles. The Bertz CT molecular complexity index is 1060. The van der Waals surface area contributed by atoms with Crippen LogP contribution < -0.4 is 0 Å².